The molecule has 1 aliphatic heterocycles. The van der Waals surface area contributed by atoms with Crippen molar-refractivity contribution in [1.82, 2.24) is 9.97 Å². The van der Waals surface area contributed by atoms with Crippen molar-refractivity contribution in [2.24, 2.45) is 0 Å². The topological polar surface area (TPSA) is 83.8 Å². The lowest BCUT2D eigenvalue weighted by molar-refractivity contribution is 1.01. The van der Waals surface area contributed by atoms with E-state index in [9.17, 15) is 4.79 Å². The Labute approximate surface area is 91.3 Å². The molecule has 0 radical (unpaired) electrons. The predicted molar refractivity (Wildman–Crippen MR) is 62.0 cm³/mol. The molecule has 5 heteroatoms. The van der Waals surface area contributed by atoms with Gasteiger partial charge >= 0.3 is 0 Å². The van der Waals surface area contributed by atoms with Gasteiger partial charge in [0.15, 0.2) is 0 Å². The van der Waals surface area contributed by atoms with Gasteiger partial charge in [-0.1, -0.05) is 18.2 Å². The standard InChI is InChI=1S/C11H10N4O/c12-11-14-9-6-3-1-2-4-8(6)13-5-7(9)10(16)15-11/h1-4,13H,5H2,(H3,12,14,15,16). The van der Waals surface area contributed by atoms with Crippen LogP contribution in [0.25, 0.3) is 11.3 Å². The molecule has 1 aliphatic rings. The lowest BCUT2D eigenvalue weighted by Gasteiger charge is -2.19. The molecule has 0 spiro atoms. The van der Waals surface area contributed by atoms with Crippen LogP contribution >= 0.6 is 0 Å². The molecule has 16 heavy (non-hydrogen) atoms. The van der Waals surface area contributed by atoms with E-state index in [-0.39, 0.29) is 11.5 Å². The maximum absolute atomic E-state index is 11.7. The Hall–Kier alpha value is -2.30. The maximum atomic E-state index is 11.7. The number of nitrogens with one attached hydrogen (secondary N) is 2. The quantitative estimate of drug-likeness (QED) is 0.609. The van der Waals surface area contributed by atoms with Crippen molar-refractivity contribution in [3.8, 4) is 11.3 Å². The van der Waals surface area contributed by atoms with E-state index in [0.717, 1.165) is 11.3 Å². The zero-order valence-corrected chi connectivity index (χ0v) is 8.45. The third-order valence-electron chi connectivity index (χ3n) is 2.67. The highest BCUT2D eigenvalue weighted by Gasteiger charge is 2.19. The van der Waals surface area contributed by atoms with Crippen molar-refractivity contribution in [2.45, 2.75) is 6.54 Å². The van der Waals surface area contributed by atoms with Gasteiger partial charge in [-0.2, -0.15) is 0 Å². The summed E-state index contributed by atoms with van der Waals surface area (Å²) in [6.07, 6.45) is 0. The minimum atomic E-state index is -0.176. The van der Waals surface area contributed by atoms with Crippen LogP contribution in [0.15, 0.2) is 29.1 Å². The molecule has 0 saturated carbocycles. The summed E-state index contributed by atoms with van der Waals surface area (Å²) in [5, 5.41) is 3.18. The van der Waals surface area contributed by atoms with Gasteiger partial charge in [0.2, 0.25) is 5.95 Å². The SMILES string of the molecule is Nc1nc2c(c(=O)[nH]1)CNc1ccccc1-2. The molecule has 1 aromatic carbocycles. The molecule has 0 saturated heterocycles. The molecule has 0 unspecified atom stereocenters. The second-order valence-electron chi connectivity index (χ2n) is 3.68. The number of aromatic nitrogens is 2. The van der Waals surface area contributed by atoms with Gasteiger partial charge in [-0.3, -0.25) is 9.78 Å². The van der Waals surface area contributed by atoms with Gasteiger partial charge in [-0.25, -0.2) is 4.98 Å². The van der Waals surface area contributed by atoms with Gasteiger partial charge in [0.25, 0.3) is 5.56 Å². The summed E-state index contributed by atoms with van der Waals surface area (Å²) < 4.78 is 0. The van der Waals surface area contributed by atoms with Crippen LogP contribution in [0.1, 0.15) is 5.56 Å². The summed E-state index contributed by atoms with van der Waals surface area (Å²) in [4.78, 5) is 18.4. The van der Waals surface area contributed by atoms with Crippen LogP contribution < -0.4 is 16.6 Å². The van der Waals surface area contributed by atoms with E-state index in [2.05, 4.69) is 15.3 Å². The van der Waals surface area contributed by atoms with E-state index >= 15 is 0 Å². The summed E-state index contributed by atoms with van der Waals surface area (Å²) >= 11 is 0. The van der Waals surface area contributed by atoms with Crippen molar-refractivity contribution < 1.29 is 0 Å². The van der Waals surface area contributed by atoms with Crippen molar-refractivity contribution in [3.63, 3.8) is 0 Å². The molecule has 0 atom stereocenters. The summed E-state index contributed by atoms with van der Waals surface area (Å²) in [6.45, 7) is 0.481. The monoisotopic (exact) mass is 214 g/mol. The Kier molecular flexibility index (Phi) is 1.73. The average molecular weight is 214 g/mol. The first kappa shape index (κ1) is 8.96. The lowest BCUT2D eigenvalue weighted by Crippen LogP contribution is -2.23. The molecule has 1 aromatic heterocycles. The van der Waals surface area contributed by atoms with Crippen LogP contribution in [0.5, 0.6) is 0 Å². The van der Waals surface area contributed by atoms with Crippen molar-refractivity contribution in [2.75, 3.05) is 11.1 Å². The molecule has 80 valence electrons. The van der Waals surface area contributed by atoms with Crippen molar-refractivity contribution >= 4 is 11.6 Å². The number of hydrogen-bond donors (Lipinski definition) is 3. The number of aromatic amines is 1. The summed E-state index contributed by atoms with van der Waals surface area (Å²) in [7, 11) is 0. The molecule has 5 nitrogen and oxygen atoms in total. The summed E-state index contributed by atoms with van der Waals surface area (Å²) in [5.74, 6) is 0.153. The van der Waals surface area contributed by atoms with Crippen molar-refractivity contribution in [3.05, 3.63) is 40.2 Å². The molecule has 4 N–H and O–H groups in total. The Bertz CT molecular complexity index is 618. The average Bonchev–Trinajstić information content (AvgIpc) is 2.28. The molecule has 2 aromatic rings. The number of nitrogens with zero attached hydrogens (tertiary/aromatic N) is 1. The van der Waals surface area contributed by atoms with E-state index < -0.39 is 0 Å². The zero-order chi connectivity index (χ0) is 11.1. The van der Waals surface area contributed by atoms with Crippen LogP contribution in [0, 0.1) is 0 Å². The lowest BCUT2D eigenvalue weighted by atomic mass is 10.0. The molecule has 0 bridgehead atoms. The third-order valence-corrected chi connectivity index (χ3v) is 2.67. The Balaban J connectivity index is 2.36. The number of benzene rings is 1. The van der Waals surface area contributed by atoms with Gasteiger partial charge < -0.3 is 11.1 Å². The van der Waals surface area contributed by atoms with E-state index in [0.29, 0.717) is 17.8 Å². The van der Waals surface area contributed by atoms with Crippen LogP contribution in [-0.2, 0) is 6.54 Å². The Morgan fingerprint density at radius 1 is 1.31 bits per heavy atom. The van der Waals surface area contributed by atoms with Gasteiger partial charge in [0.1, 0.15) is 0 Å². The van der Waals surface area contributed by atoms with E-state index in [4.69, 9.17) is 5.73 Å². The number of nitrogens with two attached hydrogens (primary N) is 1. The molecule has 3 rings (SSSR count). The smallest absolute Gasteiger partial charge is 0.257 e. The first-order valence-electron chi connectivity index (χ1n) is 4.97. The third kappa shape index (κ3) is 1.18. The molecule has 0 aliphatic carbocycles. The molecule has 2 heterocycles. The van der Waals surface area contributed by atoms with Crippen LogP contribution in [0.3, 0.4) is 0 Å². The normalized spacial score (nSPS) is 12.5. The van der Waals surface area contributed by atoms with Gasteiger partial charge in [-0.15, -0.1) is 0 Å². The first-order valence-corrected chi connectivity index (χ1v) is 4.97. The fourth-order valence-corrected chi connectivity index (χ4v) is 1.93. The highest BCUT2D eigenvalue weighted by Crippen LogP contribution is 2.32. The fraction of sp³-hybridized carbons (Fsp3) is 0.0909. The molecule has 0 amide bonds. The summed E-state index contributed by atoms with van der Waals surface area (Å²) in [6, 6.07) is 7.73. The number of hydrogen-bond acceptors (Lipinski definition) is 4. The summed E-state index contributed by atoms with van der Waals surface area (Å²) in [5.41, 5.74) is 8.58. The number of anilines is 2. The van der Waals surface area contributed by atoms with E-state index in [1.54, 1.807) is 0 Å². The van der Waals surface area contributed by atoms with Crippen molar-refractivity contribution in [1.29, 1.82) is 0 Å². The van der Waals surface area contributed by atoms with Crippen LogP contribution in [0.4, 0.5) is 11.6 Å². The number of H-pyrrole nitrogens is 1. The largest absolute Gasteiger partial charge is 0.380 e. The number of nitrogen functional groups attached to an aromatic ring is 1. The first-order chi connectivity index (χ1) is 7.75. The molecular weight excluding hydrogens is 204 g/mol. The zero-order valence-electron chi connectivity index (χ0n) is 8.45. The fourth-order valence-electron chi connectivity index (χ4n) is 1.93. The molecule has 0 fully saturated rings. The second kappa shape index (κ2) is 3.10. The van der Waals surface area contributed by atoms with Gasteiger partial charge in [0, 0.05) is 17.8 Å². The highest BCUT2D eigenvalue weighted by atomic mass is 16.1. The highest BCUT2D eigenvalue weighted by molar-refractivity contribution is 5.80. The molecular formula is C11H10N4O. The number of fused-ring (bicyclic) bond motifs is 3. The van der Waals surface area contributed by atoms with E-state index in [1.165, 1.54) is 0 Å². The minimum absolute atomic E-state index is 0.153. The van der Waals surface area contributed by atoms with Gasteiger partial charge in [-0.05, 0) is 6.07 Å². The number of para-hydroxylation sites is 1. The van der Waals surface area contributed by atoms with Crippen LogP contribution in [0.2, 0.25) is 0 Å². The Morgan fingerprint density at radius 2 is 2.12 bits per heavy atom. The minimum Gasteiger partial charge on any atom is -0.380 e. The van der Waals surface area contributed by atoms with Crippen LogP contribution in [-0.4, -0.2) is 9.97 Å². The maximum Gasteiger partial charge on any atom is 0.257 e. The Morgan fingerprint density at radius 3 is 3.00 bits per heavy atom. The van der Waals surface area contributed by atoms with E-state index in [1.807, 2.05) is 24.3 Å². The second-order valence-corrected chi connectivity index (χ2v) is 3.68. The van der Waals surface area contributed by atoms with Gasteiger partial charge in [0.05, 0.1) is 11.3 Å². The number of rotatable bonds is 0. The predicted octanol–water partition coefficient (Wildman–Crippen LogP) is 0.945.